The van der Waals surface area contributed by atoms with Crippen molar-refractivity contribution in [3.05, 3.63) is 0 Å². The van der Waals surface area contributed by atoms with Crippen LogP contribution in [0, 0.1) is 0 Å². The third-order valence-electron chi connectivity index (χ3n) is 2.16. The predicted octanol–water partition coefficient (Wildman–Crippen LogP) is 3.38. The molecule has 116 valence electrons. The van der Waals surface area contributed by atoms with Crippen molar-refractivity contribution >= 4 is 0 Å². The van der Waals surface area contributed by atoms with Gasteiger partial charge in [0.25, 0.3) is 0 Å². The average Bonchev–Trinajstić information content (AvgIpc) is 2.21. The van der Waals surface area contributed by atoms with Crippen molar-refractivity contribution in [3.8, 4) is 0 Å². The molecule has 0 spiro atoms. The quantitative estimate of drug-likeness (QED) is 0.573. The minimum atomic E-state index is -0.402. The Morgan fingerprint density at radius 1 is 0.579 bits per heavy atom. The molecule has 0 aliphatic carbocycles. The molecule has 0 radical (unpaired) electrons. The lowest BCUT2D eigenvalue weighted by Crippen LogP contribution is -2.42. The molecule has 19 heavy (non-hydrogen) atoms. The van der Waals surface area contributed by atoms with Gasteiger partial charge in [0.2, 0.25) is 0 Å². The minimum absolute atomic E-state index is 0.0843. The fraction of sp³-hybridized carbons (Fsp3) is 1.00. The molecule has 0 saturated heterocycles. The second-order valence-corrected chi connectivity index (χ2v) is 5.84. The molecule has 0 fully saturated rings. The molecule has 1 unspecified atom stereocenters. The Kier molecular flexibility index (Phi) is 9.62. The third kappa shape index (κ3) is 10.3. The first kappa shape index (κ1) is 18.8. The maximum absolute atomic E-state index is 5.89. The molecular formula is C15H32O4. The summed E-state index contributed by atoms with van der Waals surface area (Å²) in [6, 6.07) is 0. The Balaban J connectivity index is 4.67. The highest BCUT2D eigenvalue weighted by molar-refractivity contribution is 4.66. The van der Waals surface area contributed by atoms with Gasteiger partial charge < -0.3 is 18.9 Å². The molecule has 0 N–H and O–H groups in total. The second-order valence-electron chi connectivity index (χ2n) is 5.84. The molecule has 0 rings (SSSR count). The van der Waals surface area contributed by atoms with Crippen molar-refractivity contribution in [1.29, 1.82) is 0 Å². The van der Waals surface area contributed by atoms with Crippen LogP contribution in [-0.2, 0) is 18.9 Å². The summed E-state index contributed by atoms with van der Waals surface area (Å²) in [4.78, 5) is 0. The number of hydrogen-bond donors (Lipinski definition) is 0. The summed E-state index contributed by atoms with van der Waals surface area (Å²) in [5.74, 6) is 0. The van der Waals surface area contributed by atoms with Crippen molar-refractivity contribution in [1.82, 2.24) is 0 Å². The highest BCUT2D eigenvalue weighted by Crippen LogP contribution is 2.14. The molecular weight excluding hydrogens is 244 g/mol. The fourth-order valence-electron chi connectivity index (χ4n) is 1.56. The standard InChI is InChI=1S/C15H32O4/c1-10(2)16-9-14(17-11(3)4)15(18-12(5)6)19-13(7)8/h10-15H,9H2,1-8H3. The van der Waals surface area contributed by atoms with E-state index in [0.717, 1.165) is 0 Å². The summed E-state index contributed by atoms with van der Waals surface area (Å²) in [7, 11) is 0. The van der Waals surface area contributed by atoms with Crippen molar-refractivity contribution in [2.75, 3.05) is 6.61 Å². The van der Waals surface area contributed by atoms with E-state index in [-0.39, 0.29) is 30.5 Å². The molecule has 0 aliphatic heterocycles. The molecule has 1 atom stereocenters. The molecule has 0 aromatic heterocycles. The monoisotopic (exact) mass is 276 g/mol. The normalized spacial score (nSPS) is 14.4. The SMILES string of the molecule is CC(C)OCC(OC(C)C)C(OC(C)C)OC(C)C. The highest BCUT2D eigenvalue weighted by Gasteiger charge is 2.27. The predicted molar refractivity (Wildman–Crippen MR) is 77.3 cm³/mol. The van der Waals surface area contributed by atoms with E-state index in [1.807, 2.05) is 55.4 Å². The molecule has 0 aliphatic rings. The van der Waals surface area contributed by atoms with Gasteiger partial charge in [-0.1, -0.05) is 0 Å². The zero-order valence-corrected chi connectivity index (χ0v) is 13.8. The van der Waals surface area contributed by atoms with Gasteiger partial charge in [0, 0.05) is 0 Å². The van der Waals surface area contributed by atoms with Crippen molar-refractivity contribution in [2.45, 2.75) is 92.2 Å². The fourth-order valence-corrected chi connectivity index (χ4v) is 1.56. The Labute approximate surface area is 118 Å². The first-order valence-electron chi connectivity index (χ1n) is 7.30. The minimum Gasteiger partial charge on any atom is -0.376 e. The van der Waals surface area contributed by atoms with Crippen molar-refractivity contribution < 1.29 is 18.9 Å². The van der Waals surface area contributed by atoms with Gasteiger partial charge in [-0.05, 0) is 55.4 Å². The summed E-state index contributed by atoms with van der Waals surface area (Å²) in [5.41, 5.74) is 0. The molecule has 0 heterocycles. The number of hydrogen-bond acceptors (Lipinski definition) is 4. The van der Waals surface area contributed by atoms with Crippen LogP contribution >= 0.6 is 0 Å². The highest BCUT2D eigenvalue weighted by atomic mass is 16.7. The van der Waals surface area contributed by atoms with Crippen molar-refractivity contribution in [2.24, 2.45) is 0 Å². The molecule has 0 amide bonds. The van der Waals surface area contributed by atoms with Gasteiger partial charge in [-0.15, -0.1) is 0 Å². The topological polar surface area (TPSA) is 36.9 Å². The molecule has 0 aromatic carbocycles. The van der Waals surface area contributed by atoms with Gasteiger partial charge in [-0.3, -0.25) is 0 Å². The number of ether oxygens (including phenoxy) is 4. The van der Waals surface area contributed by atoms with E-state index in [0.29, 0.717) is 6.61 Å². The molecule has 0 aromatic rings. The Morgan fingerprint density at radius 2 is 1.00 bits per heavy atom. The van der Waals surface area contributed by atoms with Crippen molar-refractivity contribution in [3.63, 3.8) is 0 Å². The van der Waals surface area contributed by atoms with E-state index < -0.39 is 6.29 Å². The number of rotatable bonds is 10. The largest absolute Gasteiger partial charge is 0.376 e. The summed E-state index contributed by atoms with van der Waals surface area (Å²) >= 11 is 0. The Hall–Kier alpha value is -0.160. The van der Waals surface area contributed by atoms with Crippen LogP contribution in [0.5, 0.6) is 0 Å². The Bertz CT molecular complexity index is 204. The summed E-state index contributed by atoms with van der Waals surface area (Å²) in [6.07, 6.45) is -0.178. The van der Waals surface area contributed by atoms with E-state index in [9.17, 15) is 0 Å². The molecule has 0 saturated carbocycles. The van der Waals surface area contributed by atoms with Crippen LogP contribution in [0.4, 0.5) is 0 Å². The first-order valence-corrected chi connectivity index (χ1v) is 7.30. The zero-order chi connectivity index (χ0) is 15.0. The van der Waals surface area contributed by atoms with Crippen LogP contribution in [0.2, 0.25) is 0 Å². The maximum atomic E-state index is 5.89. The van der Waals surface area contributed by atoms with Gasteiger partial charge in [-0.2, -0.15) is 0 Å². The first-order chi connectivity index (χ1) is 8.72. The van der Waals surface area contributed by atoms with Gasteiger partial charge in [0.15, 0.2) is 6.29 Å². The maximum Gasteiger partial charge on any atom is 0.186 e. The smallest absolute Gasteiger partial charge is 0.186 e. The zero-order valence-electron chi connectivity index (χ0n) is 13.8. The van der Waals surface area contributed by atoms with E-state index in [2.05, 4.69) is 0 Å². The van der Waals surface area contributed by atoms with Gasteiger partial charge in [0.05, 0.1) is 31.0 Å². The lowest BCUT2D eigenvalue weighted by atomic mass is 10.3. The van der Waals surface area contributed by atoms with Gasteiger partial charge in [-0.25, -0.2) is 0 Å². The van der Waals surface area contributed by atoms with Crippen LogP contribution in [0.3, 0.4) is 0 Å². The van der Waals surface area contributed by atoms with Crippen LogP contribution in [0.25, 0.3) is 0 Å². The van der Waals surface area contributed by atoms with E-state index in [1.54, 1.807) is 0 Å². The van der Waals surface area contributed by atoms with E-state index in [4.69, 9.17) is 18.9 Å². The summed E-state index contributed by atoms with van der Waals surface area (Å²) in [5, 5.41) is 0. The summed E-state index contributed by atoms with van der Waals surface area (Å²) < 4.78 is 23.2. The van der Waals surface area contributed by atoms with E-state index >= 15 is 0 Å². The summed E-state index contributed by atoms with van der Waals surface area (Å²) in [6.45, 7) is 16.5. The van der Waals surface area contributed by atoms with Crippen LogP contribution in [-0.4, -0.2) is 43.4 Å². The molecule has 4 heteroatoms. The molecule has 4 nitrogen and oxygen atoms in total. The van der Waals surface area contributed by atoms with Gasteiger partial charge in [0.1, 0.15) is 6.10 Å². The lowest BCUT2D eigenvalue weighted by Gasteiger charge is -2.31. The molecule has 0 bridgehead atoms. The van der Waals surface area contributed by atoms with Gasteiger partial charge >= 0.3 is 0 Å². The second kappa shape index (κ2) is 9.70. The average molecular weight is 276 g/mol. The van der Waals surface area contributed by atoms with Crippen LogP contribution < -0.4 is 0 Å². The Morgan fingerprint density at radius 3 is 1.32 bits per heavy atom. The lowest BCUT2D eigenvalue weighted by molar-refractivity contribution is -0.251. The van der Waals surface area contributed by atoms with Crippen LogP contribution in [0.15, 0.2) is 0 Å². The van der Waals surface area contributed by atoms with Crippen LogP contribution in [0.1, 0.15) is 55.4 Å². The third-order valence-corrected chi connectivity index (χ3v) is 2.16. The van der Waals surface area contributed by atoms with E-state index in [1.165, 1.54) is 0 Å².